The van der Waals surface area contributed by atoms with E-state index in [0.29, 0.717) is 37.0 Å². The lowest BCUT2D eigenvalue weighted by molar-refractivity contribution is -0.0526. The van der Waals surface area contributed by atoms with Gasteiger partial charge < -0.3 is 14.4 Å². The van der Waals surface area contributed by atoms with Crippen molar-refractivity contribution in [1.82, 2.24) is 39.9 Å². The van der Waals surface area contributed by atoms with Crippen molar-refractivity contribution in [3.8, 4) is 22.8 Å². The van der Waals surface area contributed by atoms with E-state index in [1.165, 1.54) is 15.5 Å². The van der Waals surface area contributed by atoms with Crippen LogP contribution < -0.4 is 14.5 Å². The molecular formula is C23H24F4N10O2. The van der Waals surface area contributed by atoms with Crippen LogP contribution >= 0.6 is 0 Å². The summed E-state index contributed by atoms with van der Waals surface area (Å²) in [6.07, 6.45) is 8.69. The molecule has 2 aromatic heterocycles. The van der Waals surface area contributed by atoms with Crippen LogP contribution in [0.4, 0.5) is 23.2 Å². The fraction of sp³-hybridized carbons (Fsp3) is 0.348. The zero-order chi connectivity index (χ0) is 27.5. The molecule has 5 rings (SSSR count). The monoisotopic (exact) mass is 548 g/mol. The van der Waals surface area contributed by atoms with Gasteiger partial charge in [0.25, 0.3) is 0 Å². The van der Waals surface area contributed by atoms with Gasteiger partial charge in [-0.15, -0.1) is 10.2 Å². The third-order valence-corrected chi connectivity index (χ3v) is 5.67. The van der Waals surface area contributed by atoms with Crippen LogP contribution in [-0.4, -0.2) is 86.5 Å². The van der Waals surface area contributed by atoms with Crippen molar-refractivity contribution in [3.05, 3.63) is 54.4 Å². The average molecular weight is 549 g/mol. The molecule has 0 N–H and O–H groups in total. The molecule has 12 nitrogen and oxygen atoms in total. The minimum atomic E-state index is -3.16. The Morgan fingerprint density at radius 3 is 2.67 bits per heavy atom. The Balaban J connectivity index is 1.54. The summed E-state index contributed by atoms with van der Waals surface area (Å²) in [6.45, 7) is -4.53. The molecule has 206 valence electrons. The number of nitrogens with zero attached hydrogens (tertiary/aromatic N) is 10. The van der Waals surface area contributed by atoms with E-state index in [2.05, 4.69) is 30.2 Å². The molecule has 0 aliphatic carbocycles. The highest BCUT2D eigenvalue weighted by Crippen LogP contribution is 2.41. The number of allylic oxidation sites excluding steroid dienone is 1. The van der Waals surface area contributed by atoms with Crippen LogP contribution in [0.1, 0.15) is 5.82 Å². The largest absolute Gasteiger partial charge is 0.435 e. The number of aromatic nitrogens is 6. The van der Waals surface area contributed by atoms with Crippen LogP contribution in [0.3, 0.4) is 0 Å². The smallest absolute Gasteiger partial charge is 0.387 e. The van der Waals surface area contributed by atoms with Crippen molar-refractivity contribution in [2.45, 2.75) is 26.3 Å². The number of hydrogen-bond donors (Lipinski definition) is 0. The first-order chi connectivity index (χ1) is 18.8. The quantitative estimate of drug-likeness (QED) is 0.335. The van der Waals surface area contributed by atoms with E-state index >= 15 is 0 Å². The maximum Gasteiger partial charge on any atom is 0.387 e. The molecule has 2 aliphatic rings. The summed E-state index contributed by atoms with van der Waals surface area (Å²) in [5, 5.41) is 20.7. The summed E-state index contributed by atoms with van der Waals surface area (Å²) < 4.78 is 63.2. The Morgan fingerprint density at radius 2 is 1.90 bits per heavy atom. The Morgan fingerprint density at radius 1 is 1.08 bits per heavy atom. The maximum absolute atomic E-state index is 13.3. The molecule has 0 fully saturated rings. The van der Waals surface area contributed by atoms with Gasteiger partial charge in [0.05, 0.1) is 24.8 Å². The van der Waals surface area contributed by atoms with Crippen molar-refractivity contribution in [3.63, 3.8) is 0 Å². The molecule has 16 heteroatoms. The van der Waals surface area contributed by atoms with E-state index in [1.54, 1.807) is 34.7 Å². The molecule has 4 heterocycles. The molecule has 0 bridgehead atoms. The van der Waals surface area contributed by atoms with Crippen LogP contribution in [0.25, 0.3) is 11.3 Å². The second-order valence-corrected chi connectivity index (χ2v) is 8.69. The number of aliphatic imine (C=N–C) groups is 1. The van der Waals surface area contributed by atoms with Gasteiger partial charge in [0.2, 0.25) is 0 Å². The molecule has 0 amide bonds. The number of hydrazine groups is 1. The van der Waals surface area contributed by atoms with E-state index in [-0.39, 0.29) is 29.3 Å². The molecular weight excluding hydrogens is 524 g/mol. The number of ether oxygens (including phenoxy) is 2. The number of hydrogen-bond acceptors (Lipinski definition) is 10. The molecule has 0 atom stereocenters. The van der Waals surface area contributed by atoms with Gasteiger partial charge in [-0.2, -0.15) is 27.5 Å². The Bertz CT molecular complexity index is 1400. The van der Waals surface area contributed by atoms with Crippen LogP contribution in [0.2, 0.25) is 0 Å². The normalized spacial score (nSPS) is 14.6. The predicted molar refractivity (Wildman–Crippen MR) is 131 cm³/mol. The lowest BCUT2D eigenvalue weighted by Crippen LogP contribution is -2.34. The first kappa shape index (κ1) is 26.1. The Hall–Kier alpha value is -4.47. The Kier molecular flexibility index (Phi) is 7.44. The van der Waals surface area contributed by atoms with Crippen LogP contribution in [0.5, 0.6) is 11.5 Å². The summed E-state index contributed by atoms with van der Waals surface area (Å²) in [5.41, 5.74) is 0.682. The number of rotatable bonds is 11. The van der Waals surface area contributed by atoms with Crippen molar-refractivity contribution < 1.29 is 27.0 Å². The third-order valence-electron chi connectivity index (χ3n) is 5.67. The molecule has 1 aromatic carbocycles. The highest BCUT2D eigenvalue weighted by atomic mass is 19.3. The van der Waals surface area contributed by atoms with Crippen molar-refractivity contribution >= 4 is 11.9 Å². The molecule has 39 heavy (non-hydrogen) atoms. The van der Waals surface area contributed by atoms with Crippen LogP contribution in [-0.2, 0) is 13.1 Å². The highest BCUT2D eigenvalue weighted by Gasteiger charge is 2.30. The minimum absolute atomic E-state index is 0.0303. The van der Waals surface area contributed by atoms with Crippen molar-refractivity contribution in [1.29, 1.82) is 0 Å². The molecule has 0 radical (unpaired) electrons. The van der Waals surface area contributed by atoms with Gasteiger partial charge in [0.15, 0.2) is 5.82 Å². The standard InChI is InChI=1S/C23H24F4N10O2/c1-33(2)10-11-37-30-19(29-32-37)14-34-13-17(35-9-6-20-28-7-3-8-36(20)35)21(31-34)16-12-15(38-22(24)25)4-5-18(16)39-23(26)27/h3-8,12-13,22-23H,9-11,14H2,1-2H3. The number of halogens is 4. The van der Waals surface area contributed by atoms with Gasteiger partial charge in [-0.3, -0.25) is 9.69 Å². The number of alkyl halides is 4. The minimum Gasteiger partial charge on any atom is -0.435 e. The molecule has 0 unspecified atom stereocenters. The first-order valence-corrected chi connectivity index (χ1v) is 11.8. The summed E-state index contributed by atoms with van der Waals surface area (Å²) >= 11 is 0. The zero-order valence-electron chi connectivity index (χ0n) is 20.9. The van der Waals surface area contributed by atoms with Gasteiger partial charge in [-0.05, 0) is 49.7 Å². The van der Waals surface area contributed by atoms with Crippen molar-refractivity contribution in [2.24, 2.45) is 4.99 Å². The topological polar surface area (TPSA) is 102 Å². The summed E-state index contributed by atoms with van der Waals surface area (Å²) in [5.74, 6) is 0.525. The first-order valence-electron chi connectivity index (χ1n) is 11.8. The van der Waals surface area contributed by atoms with Gasteiger partial charge in [-0.25, -0.2) is 10.0 Å². The van der Waals surface area contributed by atoms with E-state index in [4.69, 9.17) is 4.74 Å². The SMILES string of the molecule is CN(C)CCn1nnc(Cn2cc(N3CC=C4N=CC=CN43)c(-c3cc(OC(F)F)ccc3OC(F)F)n2)n1. The van der Waals surface area contributed by atoms with Gasteiger partial charge in [-0.1, -0.05) is 0 Å². The van der Waals surface area contributed by atoms with Crippen LogP contribution in [0.15, 0.2) is 53.6 Å². The number of fused-ring (bicyclic) bond motifs is 1. The molecule has 3 aromatic rings. The number of likely N-dealkylation sites (N-methyl/N-ethyl adjacent to an activating group) is 1. The maximum atomic E-state index is 13.3. The van der Waals surface area contributed by atoms with Gasteiger partial charge >= 0.3 is 13.2 Å². The Labute approximate surface area is 220 Å². The fourth-order valence-corrected chi connectivity index (χ4v) is 4.01. The van der Waals surface area contributed by atoms with E-state index < -0.39 is 13.2 Å². The van der Waals surface area contributed by atoms with E-state index in [1.807, 2.05) is 25.1 Å². The summed E-state index contributed by atoms with van der Waals surface area (Å²) in [6, 6.07) is 3.45. The second-order valence-electron chi connectivity index (χ2n) is 8.69. The molecule has 0 saturated heterocycles. The molecule has 0 spiro atoms. The third kappa shape index (κ3) is 6.00. The summed E-state index contributed by atoms with van der Waals surface area (Å²) in [4.78, 5) is 7.77. The number of benzene rings is 1. The van der Waals surface area contributed by atoms with Gasteiger partial charge in [0.1, 0.15) is 35.2 Å². The van der Waals surface area contributed by atoms with Crippen molar-refractivity contribution in [2.75, 3.05) is 32.2 Å². The highest BCUT2D eigenvalue weighted by molar-refractivity contribution is 5.81. The number of anilines is 1. The second kappa shape index (κ2) is 11.1. The van der Waals surface area contributed by atoms with Gasteiger partial charge in [0, 0.05) is 19.0 Å². The lowest BCUT2D eigenvalue weighted by atomic mass is 10.1. The number of tetrazole rings is 1. The lowest BCUT2D eigenvalue weighted by Gasteiger charge is -2.30. The zero-order valence-corrected chi connectivity index (χ0v) is 20.9. The summed E-state index contributed by atoms with van der Waals surface area (Å²) in [7, 11) is 3.86. The van der Waals surface area contributed by atoms with E-state index in [0.717, 1.165) is 12.1 Å². The molecule has 0 saturated carbocycles. The average Bonchev–Trinajstić information content (AvgIpc) is 3.61. The predicted octanol–water partition coefficient (Wildman–Crippen LogP) is 2.83. The fourth-order valence-electron chi connectivity index (χ4n) is 4.01. The van der Waals surface area contributed by atoms with Crippen LogP contribution in [0, 0.1) is 0 Å². The van der Waals surface area contributed by atoms with E-state index in [9.17, 15) is 17.6 Å². The molecule has 2 aliphatic heterocycles.